The Bertz CT molecular complexity index is 564. The highest BCUT2D eigenvalue weighted by Gasteiger charge is 2.17. The van der Waals surface area contributed by atoms with Gasteiger partial charge in [-0.3, -0.25) is 0 Å². The van der Waals surface area contributed by atoms with Gasteiger partial charge >= 0.3 is 0 Å². The van der Waals surface area contributed by atoms with Crippen molar-refractivity contribution in [1.29, 1.82) is 0 Å². The van der Waals surface area contributed by atoms with Crippen molar-refractivity contribution in [3.8, 4) is 0 Å². The van der Waals surface area contributed by atoms with Crippen molar-refractivity contribution in [3.63, 3.8) is 0 Å². The number of anilines is 1. The average Bonchev–Trinajstić information content (AvgIpc) is 2.65. The van der Waals surface area contributed by atoms with E-state index < -0.39 is 0 Å². The van der Waals surface area contributed by atoms with Crippen molar-refractivity contribution in [1.82, 2.24) is 20.5 Å². The van der Waals surface area contributed by atoms with Gasteiger partial charge in [0.1, 0.15) is 5.82 Å². The van der Waals surface area contributed by atoms with Crippen LogP contribution in [0.2, 0.25) is 0 Å². The van der Waals surface area contributed by atoms with Gasteiger partial charge in [0.15, 0.2) is 5.96 Å². The molecule has 0 atom stereocenters. The molecule has 0 amide bonds. The number of methoxy groups -OCH3 is 1. The third-order valence-electron chi connectivity index (χ3n) is 4.63. The first-order chi connectivity index (χ1) is 12.4. The Morgan fingerprint density at radius 1 is 1.23 bits per heavy atom. The molecule has 0 aliphatic carbocycles. The van der Waals surface area contributed by atoms with E-state index >= 15 is 0 Å². The van der Waals surface area contributed by atoms with E-state index in [0.717, 1.165) is 50.1 Å². The molecule has 26 heavy (non-hydrogen) atoms. The van der Waals surface area contributed by atoms with E-state index in [4.69, 9.17) is 4.74 Å². The molecule has 146 valence electrons. The minimum atomic E-state index is -0.234. The number of aromatic nitrogens is 1. The fraction of sp³-hybridized carbons (Fsp3) is 0.684. The fourth-order valence-corrected chi connectivity index (χ4v) is 2.61. The molecule has 1 aromatic heterocycles. The number of nitrogens with zero attached hydrogens (tertiary/aromatic N) is 4. The Kier molecular flexibility index (Phi) is 7.66. The van der Waals surface area contributed by atoms with E-state index in [1.54, 1.807) is 7.11 Å². The summed E-state index contributed by atoms with van der Waals surface area (Å²) in [5.74, 6) is 1.85. The van der Waals surface area contributed by atoms with E-state index in [2.05, 4.69) is 56.5 Å². The van der Waals surface area contributed by atoms with Crippen molar-refractivity contribution < 1.29 is 4.74 Å². The monoisotopic (exact) mass is 362 g/mol. The van der Waals surface area contributed by atoms with Crippen LogP contribution in [0.4, 0.5) is 5.82 Å². The first-order valence-electron chi connectivity index (χ1n) is 9.39. The number of piperazine rings is 1. The van der Waals surface area contributed by atoms with Gasteiger partial charge in [0.2, 0.25) is 0 Å². The molecule has 0 saturated carbocycles. The lowest BCUT2D eigenvalue weighted by Crippen LogP contribution is -2.45. The Hall–Kier alpha value is -1.86. The predicted octanol–water partition coefficient (Wildman–Crippen LogP) is 1.31. The van der Waals surface area contributed by atoms with Gasteiger partial charge in [0.05, 0.1) is 12.1 Å². The Balaban J connectivity index is 1.92. The maximum absolute atomic E-state index is 5.44. The van der Waals surface area contributed by atoms with E-state index in [1.165, 1.54) is 0 Å². The normalized spacial score (nSPS) is 16.7. The van der Waals surface area contributed by atoms with Gasteiger partial charge < -0.3 is 25.2 Å². The van der Waals surface area contributed by atoms with Crippen molar-refractivity contribution in [3.05, 3.63) is 23.9 Å². The lowest BCUT2D eigenvalue weighted by molar-refractivity contribution is 0.0268. The van der Waals surface area contributed by atoms with Crippen LogP contribution < -0.4 is 15.5 Å². The van der Waals surface area contributed by atoms with Crippen LogP contribution >= 0.6 is 0 Å². The molecule has 1 aliphatic rings. The summed E-state index contributed by atoms with van der Waals surface area (Å²) in [5.41, 5.74) is 0.869. The average molecular weight is 363 g/mol. The number of likely N-dealkylation sites (N-methyl/N-ethyl adjacent to an activating group) is 1. The van der Waals surface area contributed by atoms with Crippen LogP contribution in [0.5, 0.6) is 0 Å². The number of rotatable bonds is 7. The number of pyridine rings is 1. The summed E-state index contributed by atoms with van der Waals surface area (Å²) in [4.78, 5) is 14.0. The molecule has 7 nitrogen and oxygen atoms in total. The summed E-state index contributed by atoms with van der Waals surface area (Å²) in [7, 11) is 3.88. The highest BCUT2D eigenvalue weighted by atomic mass is 16.5. The summed E-state index contributed by atoms with van der Waals surface area (Å²) in [6.07, 6.45) is 1.93. The smallest absolute Gasteiger partial charge is 0.191 e. The van der Waals surface area contributed by atoms with Crippen molar-refractivity contribution in [2.75, 3.05) is 58.3 Å². The molecule has 7 heteroatoms. The van der Waals surface area contributed by atoms with E-state index in [0.29, 0.717) is 13.1 Å². The van der Waals surface area contributed by atoms with E-state index in [9.17, 15) is 0 Å². The predicted molar refractivity (Wildman–Crippen MR) is 108 cm³/mol. The van der Waals surface area contributed by atoms with Crippen LogP contribution in [-0.2, 0) is 11.3 Å². The summed E-state index contributed by atoms with van der Waals surface area (Å²) in [6, 6.07) is 4.22. The standard InChI is InChI=1S/C19H34N6O/c1-6-20-18(23-15-19(2,3)26-5)22-14-16-7-8-17(21-13-16)25-11-9-24(4)10-12-25/h7-8,13H,6,9-12,14-15H2,1-5H3,(H2,20,22,23). The lowest BCUT2D eigenvalue weighted by atomic mass is 10.1. The first-order valence-corrected chi connectivity index (χ1v) is 9.39. The molecule has 1 aliphatic heterocycles. The van der Waals surface area contributed by atoms with Crippen LogP contribution in [0.25, 0.3) is 0 Å². The van der Waals surface area contributed by atoms with Gasteiger partial charge in [0, 0.05) is 52.6 Å². The summed E-state index contributed by atoms with van der Waals surface area (Å²) < 4.78 is 5.44. The third kappa shape index (κ3) is 6.46. The number of nitrogens with one attached hydrogen (secondary N) is 2. The van der Waals surface area contributed by atoms with Crippen molar-refractivity contribution >= 4 is 11.8 Å². The largest absolute Gasteiger partial charge is 0.377 e. The zero-order valence-corrected chi connectivity index (χ0v) is 16.9. The highest BCUT2D eigenvalue weighted by Crippen LogP contribution is 2.14. The second kappa shape index (κ2) is 9.73. The molecule has 1 fully saturated rings. The summed E-state index contributed by atoms with van der Waals surface area (Å²) in [6.45, 7) is 12.5. The van der Waals surface area contributed by atoms with Crippen molar-refractivity contribution in [2.45, 2.75) is 32.9 Å². The van der Waals surface area contributed by atoms with Crippen LogP contribution in [-0.4, -0.2) is 74.9 Å². The Morgan fingerprint density at radius 3 is 2.54 bits per heavy atom. The van der Waals surface area contributed by atoms with Gasteiger partial charge in [-0.15, -0.1) is 0 Å². The quantitative estimate of drug-likeness (QED) is 0.563. The summed E-state index contributed by atoms with van der Waals surface area (Å²) >= 11 is 0. The van der Waals surface area contributed by atoms with Crippen LogP contribution in [0.3, 0.4) is 0 Å². The second-order valence-corrected chi connectivity index (χ2v) is 7.33. The lowest BCUT2D eigenvalue weighted by Gasteiger charge is -2.33. The molecule has 0 radical (unpaired) electrons. The zero-order valence-electron chi connectivity index (χ0n) is 16.9. The Labute approximate surface area is 157 Å². The molecule has 0 unspecified atom stereocenters. The molecule has 2 rings (SSSR count). The molecule has 0 spiro atoms. The van der Waals surface area contributed by atoms with Crippen LogP contribution in [0.1, 0.15) is 26.3 Å². The van der Waals surface area contributed by atoms with E-state index in [1.807, 2.05) is 20.0 Å². The number of aliphatic imine (C=N–C) groups is 1. The molecule has 0 aromatic carbocycles. The molecule has 1 aromatic rings. The van der Waals surface area contributed by atoms with Gasteiger partial charge in [-0.1, -0.05) is 6.07 Å². The third-order valence-corrected chi connectivity index (χ3v) is 4.63. The minimum absolute atomic E-state index is 0.234. The van der Waals surface area contributed by atoms with Gasteiger partial charge in [-0.2, -0.15) is 0 Å². The van der Waals surface area contributed by atoms with Crippen LogP contribution in [0.15, 0.2) is 23.3 Å². The minimum Gasteiger partial charge on any atom is -0.377 e. The number of hydrogen-bond acceptors (Lipinski definition) is 5. The van der Waals surface area contributed by atoms with Crippen molar-refractivity contribution in [2.24, 2.45) is 4.99 Å². The van der Waals surface area contributed by atoms with E-state index in [-0.39, 0.29) is 5.60 Å². The number of hydrogen-bond donors (Lipinski definition) is 2. The topological polar surface area (TPSA) is 65.0 Å². The molecule has 2 N–H and O–H groups in total. The van der Waals surface area contributed by atoms with Gasteiger partial charge in [-0.25, -0.2) is 9.98 Å². The van der Waals surface area contributed by atoms with Crippen LogP contribution in [0, 0.1) is 0 Å². The molecule has 2 heterocycles. The SMILES string of the molecule is CCNC(=NCc1ccc(N2CCN(C)CC2)nc1)NCC(C)(C)OC. The number of guanidine groups is 1. The second-order valence-electron chi connectivity index (χ2n) is 7.33. The van der Waals surface area contributed by atoms with Gasteiger partial charge in [-0.05, 0) is 39.4 Å². The summed E-state index contributed by atoms with van der Waals surface area (Å²) in [5, 5.41) is 6.60. The molecule has 1 saturated heterocycles. The zero-order chi connectivity index (χ0) is 19.0. The van der Waals surface area contributed by atoms with Gasteiger partial charge in [0.25, 0.3) is 0 Å². The first kappa shape index (κ1) is 20.5. The molecular weight excluding hydrogens is 328 g/mol. The fourth-order valence-electron chi connectivity index (χ4n) is 2.61. The maximum atomic E-state index is 5.44. The molecule has 0 bridgehead atoms. The Morgan fingerprint density at radius 2 is 1.96 bits per heavy atom. The number of ether oxygens (including phenoxy) is 1. The highest BCUT2D eigenvalue weighted by molar-refractivity contribution is 5.79. The molecular formula is C19H34N6O. The maximum Gasteiger partial charge on any atom is 0.191 e.